The van der Waals surface area contributed by atoms with Gasteiger partial charge in [0.05, 0.1) is 12.7 Å². The molecule has 0 saturated heterocycles. The molecule has 3 N–H and O–H groups in total. The van der Waals surface area contributed by atoms with Crippen molar-refractivity contribution in [2.45, 2.75) is 27.7 Å². The van der Waals surface area contributed by atoms with Crippen LogP contribution in [0.1, 0.15) is 44.6 Å². The van der Waals surface area contributed by atoms with E-state index in [0.29, 0.717) is 40.5 Å². The van der Waals surface area contributed by atoms with Gasteiger partial charge < -0.3 is 10.6 Å². The molecule has 0 unspecified atom stereocenters. The lowest BCUT2D eigenvalue weighted by atomic mass is 10.1. The average molecular weight is 396 g/mol. The fraction of sp³-hybridized carbons (Fsp3) is 0.300. The number of hydroxylamine groups is 1. The van der Waals surface area contributed by atoms with Crippen LogP contribution in [0.15, 0.2) is 24.4 Å². The maximum Gasteiger partial charge on any atom is 0.274 e. The number of hydrogen-bond acceptors (Lipinski definition) is 6. The van der Waals surface area contributed by atoms with Gasteiger partial charge in [0.1, 0.15) is 11.3 Å². The summed E-state index contributed by atoms with van der Waals surface area (Å²) in [6, 6.07) is 5.27. The highest BCUT2D eigenvalue weighted by Gasteiger charge is 2.19. The summed E-state index contributed by atoms with van der Waals surface area (Å²) in [5.41, 5.74) is 6.40. The van der Waals surface area contributed by atoms with Crippen LogP contribution in [0.3, 0.4) is 0 Å². The van der Waals surface area contributed by atoms with Gasteiger partial charge in [0, 0.05) is 24.0 Å². The van der Waals surface area contributed by atoms with Gasteiger partial charge in [-0.05, 0) is 51.0 Å². The Morgan fingerprint density at radius 3 is 2.62 bits per heavy atom. The van der Waals surface area contributed by atoms with E-state index in [1.165, 1.54) is 7.11 Å². The lowest BCUT2D eigenvalue weighted by Crippen LogP contribution is -2.22. The Morgan fingerprint density at radius 1 is 1.17 bits per heavy atom. The first-order valence-electron chi connectivity index (χ1n) is 9.21. The van der Waals surface area contributed by atoms with Gasteiger partial charge in [-0.15, -0.1) is 0 Å². The number of aromatic nitrogens is 3. The normalized spacial score (nSPS) is 10.8. The van der Waals surface area contributed by atoms with Crippen LogP contribution in [0.25, 0.3) is 5.52 Å². The third-order valence-corrected chi connectivity index (χ3v) is 4.52. The number of amides is 2. The second kappa shape index (κ2) is 8.27. The Labute approximate surface area is 168 Å². The molecule has 2 amide bonds. The van der Waals surface area contributed by atoms with Gasteiger partial charge in [-0.2, -0.15) is 5.10 Å². The molecular formula is C20H24N6O3. The highest BCUT2D eigenvalue weighted by molar-refractivity contribution is 5.99. The van der Waals surface area contributed by atoms with Crippen molar-refractivity contribution in [2.75, 3.05) is 19.0 Å². The summed E-state index contributed by atoms with van der Waals surface area (Å²) in [6.07, 6.45) is 1.70. The molecule has 0 saturated carbocycles. The van der Waals surface area contributed by atoms with E-state index < -0.39 is 0 Å². The number of anilines is 2. The number of nitrogens with one attached hydrogen (secondary N) is 3. The largest absolute Gasteiger partial charge is 0.352 e. The van der Waals surface area contributed by atoms with Gasteiger partial charge in [-0.3, -0.25) is 14.4 Å². The summed E-state index contributed by atoms with van der Waals surface area (Å²) in [6.45, 7) is 7.97. The average Bonchev–Trinajstić information content (AvgIpc) is 3.00. The molecule has 9 heteroatoms. The van der Waals surface area contributed by atoms with Crippen LogP contribution >= 0.6 is 0 Å². The van der Waals surface area contributed by atoms with E-state index in [0.717, 1.165) is 11.1 Å². The maximum atomic E-state index is 12.4. The molecule has 3 aromatic rings. The van der Waals surface area contributed by atoms with Crippen LogP contribution in [0, 0.1) is 20.8 Å². The molecular weight excluding hydrogens is 372 g/mol. The van der Waals surface area contributed by atoms with Crippen LogP contribution < -0.4 is 16.1 Å². The number of nitrogens with zero attached hydrogens (tertiary/aromatic N) is 3. The summed E-state index contributed by atoms with van der Waals surface area (Å²) in [5.74, 6) is 0.590. The minimum absolute atomic E-state index is 0.159. The number of carbonyl (C=O) groups excluding carboxylic acids is 2. The highest BCUT2D eigenvalue weighted by Crippen LogP contribution is 2.28. The smallest absolute Gasteiger partial charge is 0.274 e. The van der Waals surface area contributed by atoms with Crippen LogP contribution in [0.2, 0.25) is 0 Å². The van der Waals surface area contributed by atoms with Crippen molar-refractivity contribution in [1.82, 2.24) is 25.4 Å². The van der Waals surface area contributed by atoms with E-state index in [9.17, 15) is 9.59 Å². The van der Waals surface area contributed by atoms with E-state index in [4.69, 9.17) is 4.84 Å². The summed E-state index contributed by atoms with van der Waals surface area (Å²) < 4.78 is 1.65. The van der Waals surface area contributed by atoms with E-state index in [-0.39, 0.29) is 11.8 Å². The van der Waals surface area contributed by atoms with Crippen molar-refractivity contribution in [1.29, 1.82) is 0 Å². The highest BCUT2D eigenvalue weighted by atomic mass is 16.6. The van der Waals surface area contributed by atoms with E-state index in [1.54, 1.807) is 29.8 Å². The monoisotopic (exact) mass is 396 g/mol. The third-order valence-electron chi connectivity index (χ3n) is 4.52. The van der Waals surface area contributed by atoms with Crippen molar-refractivity contribution in [2.24, 2.45) is 0 Å². The molecule has 152 valence electrons. The number of fused-ring (bicyclic) bond motifs is 1. The molecule has 0 atom stereocenters. The fourth-order valence-electron chi connectivity index (χ4n) is 3.09. The topological polar surface area (TPSA) is 110 Å². The Hall–Kier alpha value is -3.46. The van der Waals surface area contributed by atoms with Crippen LogP contribution in [0.5, 0.6) is 0 Å². The molecule has 29 heavy (non-hydrogen) atoms. The van der Waals surface area contributed by atoms with Crippen molar-refractivity contribution in [3.05, 3.63) is 52.5 Å². The second-order valence-electron chi connectivity index (χ2n) is 6.62. The predicted octanol–water partition coefficient (Wildman–Crippen LogP) is 2.44. The molecule has 0 radical (unpaired) electrons. The number of aryl methyl sites for hydroxylation is 3. The van der Waals surface area contributed by atoms with Crippen molar-refractivity contribution < 1.29 is 14.4 Å². The molecule has 2 heterocycles. The summed E-state index contributed by atoms with van der Waals surface area (Å²) in [4.78, 5) is 33.7. The second-order valence-corrected chi connectivity index (χ2v) is 6.62. The van der Waals surface area contributed by atoms with Crippen molar-refractivity contribution in [3.63, 3.8) is 0 Å². The fourth-order valence-corrected chi connectivity index (χ4v) is 3.09. The quantitative estimate of drug-likeness (QED) is 0.552. The zero-order valence-electron chi connectivity index (χ0n) is 17.1. The third kappa shape index (κ3) is 4.04. The van der Waals surface area contributed by atoms with Gasteiger partial charge >= 0.3 is 0 Å². The van der Waals surface area contributed by atoms with E-state index >= 15 is 0 Å². The van der Waals surface area contributed by atoms with Crippen LogP contribution in [-0.2, 0) is 4.84 Å². The number of carbonyl (C=O) groups is 2. The van der Waals surface area contributed by atoms with Gasteiger partial charge in [-0.25, -0.2) is 15.0 Å². The number of hydrogen-bond donors (Lipinski definition) is 3. The van der Waals surface area contributed by atoms with Gasteiger partial charge in [0.2, 0.25) is 0 Å². The molecule has 0 spiro atoms. The lowest BCUT2D eigenvalue weighted by Gasteiger charge is -2.13. The SMILES string of the molecule is CCNC(=O)c1cn2nc(C)nc(Nc3cc(C(=O)NOC)ccc3C)c2c1C. The van der Waals surface area contributed by atoms with Gasteiger partial charge in [0.15, 0.2) is 5.82 Å². The summed E-state index contributed by atoms with van der Waals surface area (Å²) in [7, 11) is 1.38. The maximum absolute atomic E-state index is 12.4. The predicted molar refractivity (Wildman–Crippen MR) is 109 cm³/mol. The van der Waals surface area contributed by atoms with E-state index in [1.807, 2.05) is 26.8 Å². The first kappa shape index (κ1) is 20.3. The molecule has 3 rings (SSSR count). The van der Waals surface area contributed by atoms with E-state index in [2.05, 4.69) is 26.2 Å². The van der Waals surface area contributed by atoms with Gasteiger partial charge in [0.25, 0.3) is 11.8 Å². The molecule has 1 aromatic carbocycles. The Balaban J connectivity index is 2.08. The minimum Gasteiger partial charge on any atom is -0.352 e. The Kier molecular flexibility index (Phi) is 5.79. The van der Waals surface area contributed by atoms with Crippen LogP contribution in [-0.4, -0.2) is 40.1 Å². The van der Waals surface area contributed by atoms with Crippen molar-refractivity contribution >= 4 is 28.8 Å². The standard InChI is InChI=1S/C20H24N6O3/c1-6-21-20(28)15-10-26-17(12(15)3)18(22-13(4)24-26)23-16-9-14(8-7-11(16)2)19(27)25-29-5/h7-10H,6H2,1-5H3,(H,21,28)(H,25,27)(H,22,23,24). The molecule has 0 bridgehead atoms. The lowest BCUT2D eigenvalue weighted by molar-refractivity contribution is 0.0537. The molecule has 0 aliphatic heterocycles. The molecule has 0 aliphatic carbocycles. The Morgan fingerprint density at radius 2 is 1.93 bits per heavy atom. The van der Waals surface area contributed by atoms with Crippen molar-refractivity contribution in [3.8, 4) is 0 Å². The zero-order valence-corrected chi connectivity index (χ0v) is 17.1. The first-order valence-corrected chi connectivity index (χ1v) is 9.21. The molecule has 2 aromatic heterocycles. The van der Waals surface area contributed by atoms with Crippen LogP contribution in [0.4, 0.5) is 11.5 Å². The summed E-state index contributed by atoms with van der Waals surface area (Å²) in [5, 5.41) is 10.5. The zero-order chi connectivity index (χ0) is 21.1. The number of benzene rings is 1. The minimum atomic E-state index is -0.350. The van der Waals surface area contributed by atoms with Gasteiger partial charge in [-0.1, -0.05) is 6.07 Å². The first-order chi connectivity index (χ1) is 13.8. The summed E-state index contributed by atoms with van der Waals surface area (Å²) >= 11 is 0. The molecule has 0 fully saturated rings. The molecule has 0 aliphatic rings. The molecule has 9 nitrogen and oxygen atoms in total. The number of rotatable bonds is 6. The Bertz CT molecular complexity index is 1090.